The van der Waals surface area contributed by atoms with Crippen molar-refractivity contribution in [2.45, 2.75) is 30.9 Å². The summed E-state index contributed by atoms with van der Waals surface area (Å²) in [5.74, 6) is 0.0266. The van der Waals surface area contributed by atoms with E-state index in [0.29, 0.717) is 17.9 Å². The van der Waals surface area contributed by atoms with Gasteiger partial charge < -0.3 is 4.74 Å². The number of ether oxygens (including phenoxy) is 1. The Morgan fingerprint density at radius 1 is 0.842 bits per heavy atom. The highest BCUT2D eigenvalue weighted by atomic mass is 32.2. The number of rotatable bonds is 11. The number of benzene rings is 4. The van der Waals surface area contributed by atoms with Crippen LogP contribution in [0.5, 0.6) is 5.75 Å². The third-order valence-electron chi connectivity index (χ3n) is 5.76. The molecule has 38 heavy (non-hydrogen) atoms. The Morgan fingerprint density at radius 3 is 2.13 bits per heavy atom. The van der Waals surface area contributed by atoms with E-state index in [2.05, 4.69) is 15.2 Å². The van der Waals surface area contributed by atoms with Crippen LogP contribution in [-0.4, -0.2) is 26.6 Å². The van der Waals surface area contributed by atoms with Gasteiger partial charge in [0.05, 0.1) is 11.1 Å². The molecule has 0 aliphatic heterocycles. The lowest BCUT2D eigenvalue weighted by Gasteiger charge is -2.17. The second-order valence-electron chi connectivity index (χ2n) is 8.72. The molecule has 1 amide bonds. The number of nitrogens with zero attached hydrogens (tertiary/aromatic N) is 1. The van der Waals surface area contributed by atoms with E-state index in [0.717, 1.165) is 16.7 Å². The van der Waals surface area contributed by atoms with Gasteiger partial charge >= 0.3 is 0 Å². The number of sulfonamides is 1. The van der Waals surface area contributed by atoms with E-state index in [4.69, 9.17) is 4.74 Å². The van der Waals surface area contributed by atoms with Gasteiger partial charge in [-0.1, -0.05) is 90.5 Å². The predicted octanol–water partition coefficient (Wildman–Crippen LogP) is 4.61. The average Bonchev–Trinajstić information content (AvgIpc) is 2.93. The van der Waals surface area contributed by atoms with Crippen LogP contribution in [0.2, 0.25) is 0 Å². The van der Waals surface area contributed by atoms with Crippen molar-refractivity contribution < 1.29 is 17.9 Å². The number of amides is 1. The van der Waals surface area contributed by atoms with Crippen LogP contribution in [0.3, 0.4) is 0 Å². The Bertz CT molecular complexity index is 1470. The molecule has 0 saturated carbocycles. The Morgan fingerprint density at radius 2 is 1.45 bits per heavy atom. The Labute approximate surface area is 223 Å². The average molecular weight is 528 g/mol. The molecule has 1 atom stereocenters. The van der Waals surface area contributed by atoms with Gasteiger partial charge in [-0.25, -0.2) is 13.8 Å². The number of carbonyl (C=O) groups excluding carboxylic acids is 1. The zero-order valence-corrected chi connectivity index (χ0v) is 21.8. The van der Waals surface area contributed by atoms with E-state index in [1.165, 1.54) is 18.3 Å². The molecule has 0 saturated heterocycles. The van der Waals surface area contributed by atoms with Gasteiger partial charge in [0.1, 0.15) is 18.4 Å². The van der Waals surface area contributed by atoms with Crippen molar-refractivity contribution >= 4 is 22.1 Å². The first-order valence-electron chi connectivity index (χ1n) is 12.1. The fourth-order valence-corrected chi connectivity index (χ4v) is 4.90. The summed E-state index contributed by atoms with van der Waals surface area (Å²) >= 11 is 0. The third-order valence-corrected chi connectivity index (χ3v) is 7.25. The van der Waals surface area contributed by atoms with Gasteiger partial charge in [0.15, 0.2) is 0 Å². The van der Waals surface area contributed by atoms with Crippen molar-refractivity contribution in [2.75, 3.05) is 0 Å². The van der Waals surface area contributed by atoms with Crippen molar-refractivity contribution in [3.63, 3.8) is 0 Å². The molecule has 0 radical (unpaired) electrons. The topological polar surface area (TPSA) is 96.9 Å². The molecule has 0 aromatic heterocycles. The molecular weight excluding hydrogens is 498 g/mol. The first kappa shape index (κ1) is 26.8. The molecule has 0 heterocycles. The standard InChI is InChI=1S/C30H29N3O4S/c1-23-16-18-27(19-17-23)38(35,36)33-28(20-24-10-4-2-5-11-24)30(34)32-31-21-26-14-8-9-15-29(26)37-22-25-12-6-3-7-13-25/h2-19,21,28,33H,20,22H2,1H3,(H,32,34)/b31-21+. The lowest BCUT2D eigenvalue weighted by atomic mass is 10.1. The SMILES string of the molecule is Cc1ccc(S(=O)(=O)NC(Cc2ccccc2)C(=O)N/N=C/c2ccccc2OCc2ccccc2)cc1. The molecule has 194 valence electrons. The minimum atomic E-state index is -3.94. The molecule has 2 N–H and O–H groups in total. The van der Waals surface area contributed by atoms with Crippen molar-refractivity contribution in [1.82, 2.24) is 10.1 Å². The maximum absolute atomic E-state index is 13.1. The Hall–Kier alpha value is -4.27. The molecule has 7 nitrogen and oxygen atoms in total. The van der Waals surface area contributed by atoms with Crippen molar-refractivity contribution in [3.8, 4) is 5.75 Å². The summed E-state index contributed by atoms with van der Waals surface area (Å²) in [6, 6.07) is 31.7. The van der Waals surface area contributed by atoms with Crippen molar-refractivity contribution in [3.05, 3.63) is 131 Å². The number of hydrazone groups is 1. The number of hydrogen-bond donors (Lipinski definition) is 2. The van der Waals surface area contributed by atoms with Crippen LogP contribution < -0.4 is 14.9 Å². The summed E-state index contributed by atoms with van der Waals surface area (Å²) in [6.45, 7) is 2.26. The van der Waals surface area contributed by atoms with Crippen molar-refractivity contribution in [1.29, 1.82) is 0 Å². The summed E-state index contributed by atoms with van der Waals surface area (Å²) in [4.78, 5) is 13.2. The van der Waals surface area contributed by atoms with Gasteiger partial charge in [0.2, 0.25) is 10.0 Å². The van der Waals surface area contributed by atoms with E-state index in [-0.39, 0.29) is 11.3 Å². The number of carbonyl (C=O) groups is 1. The van der Waals surface area contributed by atoms with E-state index < -0.39 is 22.0 Å². The minimum absolute atomic E-state index is 0.0851. The van der Waals surface area contributed by atoms with E-state index in [1.807, 2.05) is 91.9 Å². The maximum atomic E-state index is 13.1. The second kappa shape index (κ2) is 12.8. The lowest BCUT2D eigenvalue weighted by molar-refractivity contribution is -0.122. The molecule has 4 rings (SSSR count). The summed E-state index contributed by atoms with van der Waals surface area (Å²) in [5.41, 5.74) is 5.92. The molecular formula is C30H29N3O4S. The lowest BCUT2D eigenvalue weighted by Crippen LogP contribution is -2.46. The molecule has 0 fully saturated rings. The zero-order valence-electron chi connectivity index (χ0n) is 20.9. The Balaban J connectivity index is 1.47. The fourth-order valence-electron chi connectivity index (χ4n) is 3.71. The smallest absolute Gasteiger partial charge is 0.258 e. The molecule has 0 bridgehead atoms. The summed E-state index contributed by atoms with van der Waals surface area (Å²) in [7, 11) is -3.94. The normalized spacial score (nSPS) is 12.2. The predicted molar refractivity (Wildman–Crippen MR) is 148 cm³/mol. The first-order chi connectivity index (χ1) is 18.4. The zero-order chi connectivity index (χ0) is 26.8. The highest BCUT2D eigenvalue weighted by Gasteiger charge is 2.26. The quantitative estimate of drug-likeness (QED) is 0.220. The molecule has 4 aromatic rings. The van der Waals surface area contributed by atoms with Crippen LogP contribution in [0.4, 0.5) is 0 Å². The number of hydrogen-bond acceptors (Lipinski definition) is 5. The first-order valence-corrected chi connectivity index (χ1v) is 13.6. The number of aryl methyl sites for hydroxylation is 1. The summed E-state index contributed by atoms with van der Waals surface area (Å²) in [5, 5.41) is 4.09. The van der Waals surface area contributed by atoms with E-state index in [9.17, 15) is 13.2 Å². The fraction of sp³-hybridized carbons (Fsp3) is 0.133. The highest BCUT2D eigenvalue weighted by Crippen LogP contribution is 2.18. The van der Waals surface area contributed by atoms with Crippen LogP contribution in [-0.2, 0) is 27.8 Å². The van der Waals surface area contributed by atoms with E-state index in [1.54, 1.807) is 12.1 Å². The molecule has 0 aliphatic carbocycles. The van der Waals surface area contributed by atoms with Gasteiger partial charge in [0, 0.05) is 5.56 Å². The molecule has 0 aliphatic rings. The van der Waals surface area contributed by atoms with Gasteiger partial charge in [-0.2, -0.15) is 9.82 Å². The van der Waals surface area contributed by atoms with Gasteiger partial charge in [-0.05, 0) is 48.7 Å². The number of para-hydroxylation sites is 1. The van der Waals surface area contributed by atoms with Crippen molar-refractivity contribution in [2.24, 2.45) is 5.10 Å². The summed E-state index contributed by atoms with van der Waals surface area (Å²) in [6.07, 6.45) is 1.64. The largest absolute Gasteiger partial charge is 0.488 e. The Kier molecular flexibility index (Phi) is 9.02. The van der Waals surface area contributed by atoms with Crippen LogP contribution >= 0.6 is 0 Å². The molecule has 8 heteroatoms. The minimum Gasteiger partial charge on any atom is -0.488 e. The maximum Gasteiger partial charge on any atom is 0.258 e. The summed E-state index contributed by atoms with van der Waals surface area (Å²) < 4.78 is 34.5. The second-order valence-corrected chi connectivity index (χ2v) is 10.4. The molecule has 1 unspecified atom stereocenters. The van der Waals surface area contributed by atoms with Gasteiger partial charge in [-0.15, -0.1) is 0 Å². The van der Waals surface area contributed by atoms with Crippen LogP contribution in [0, 0.1) is 6.92 Å². The third kappa shape index (κ3) is 7.61. The van der Waals surface area contributed by atoms with Crippen LogP contribution in [0.1, 0.15) is 22.3 Å². The number of nitrogens with one attached hydrogen (secondary N) is 2. The van der Waals surface area contributed by atoms with Gasteiger partial charge in [0.25, 0.3) is 5.91 Å². The van der Waals surface area contributed by atoms with Crippen LogP contribution in [0.15, 0.2) is 119 Å². The molecule has 0 spiro atoms. The van der Waals surface area contributed by atoms with E-state index >= 15 is 0 Å². The van der Waals surface area contributed by atoms with Crippen LogP contribution in [0.25, 0.3) is 0 Å². The molecule has 4 aromatic carbocycles. The highest BCUT2D eigenvalue weighted by molar-refractivity contribution is 7.89. The monoisotopic (exact) mass is 527 g/mol. The van der Waals surface area contributed by atoms with Gasteiger partial charge in [-0.3, -0.25) is 4.79 Å².